The van der Waals surface area contributed by atoms with Crippen LogP contribution in [0.5, 0.6) is 5.75 Å². The first-order valence-corrected chi connectivity index (χ1v) is 6.97. The lowest BCUT2D eigenvalue weighted by molar-refractivity contribution is -0.143. The maximum atomic E-state index is 12.1. The van der Waals surface area contributed by atoms with E-state index < -0.39 is 23.7 Å². The Hall–Kier alpha value is -1.95. The van der Waals surface area contributed by atoms with E-state index in [1.165, 1.54) is 20.2 Å². The molecule has 1 N–H and O–H groups in total. The zero-order valence-electron chi connectivity index (χ0n) is 13.2. The van der Waals surface area contributed by atoms with Crippen molar-refractivity contribution in [1.29, 1.82) is 0 Å². The molecule has 0 fully saturated rings. The third kappa shape index (κ3) is 4.27. The second-order valence-corrected chi connectivity index (χ2v) is 6.09. The second kappa shape index (κ2) is 6.87. The van der Waals surface area contributed by atoms with Gasteiger partial charge in [-0.25, -0.2) is 9.59 Å². The molecule has 0 radical (unpaired) electrons. The van der Waals surface area contributed by atoms with Crippen LogP contribution in [0.1, 0.15) is 32.4 Å². The van der Waals surface area contributed by atoms with Crippen LogP contribution in [0, 0.1) is 0 Å². The van der Waals surface area contributed by atoms with Crippen LogP contribution in [0.3, 0.4) is 0 Å². The summed E-state index contributed by atoms with van der Waals surface area (Å²) in [5.74, 6) is -0.949. The molecule has 22 heavy (non-hydrogen) atoms. The van der Waals surface area contributed by atoms with Gasteiger partial charge in [0.25, 0.3) is 0 Å². The van der Waals surface area contributed by atoms with Crippen LogP contribution < -0.4 is 4.74 Å². The first-order chi connectivity index (χ1) is 10.1. The Bertz CT molecular complexity index is 568. The number of aliphatic carboxylic acids is 1. The molecule has 1 aromatic carbocycles. The van der Waals surface area contributed by atoms with E-state index in [1.807, 2.05) is 0 Å². The molecule has 0 aliphatic heterocycles. The minimum absolute atomic E-state index is 0.196. The van der Waals surface area contributed by atoms with Gasteiger partial charge in [-0.2, -0.15) is 0 Å². The molecule has 0 saturated carbocycles. The van der Waals surface area contributed by atoms with E-state index in [2.05, 4.69) is 0 Å². The highest BCUT2D eigenvalue weighted by Crippen LogP contribution is 2.35. The Balaban J connectivity index is 3.26. The molecule has 1 unspecified atom stereocenters. The Morgan fingerprint density at radius 3 is 2.36 bits per heavy atom. The quantitative estimate of drug-likeness (QED) is 0.916. The van der Waals surface area contributed by atoms with Crippen LogP contribution in [0.4, 0.5) is 4.79 Å². The molecule has 122 valence electrons. The van der Waals surface area contributed by atoms with Gasteiger partial charge < -0.3 is 14.6 Å². The highest BCUT2D eigenvalue weighted by molar-refractivity contribution is 6.31. The van der Waals surface area contributed by atoms with E-state index in [4.69, 9.17) is 21.1 Å². The van der Waals surface area contributed by atoms with Gasteiger partial charge in [-0.1, -0.05) is 17.7 Å². The van der Waals surface area contributed by atoms with E-state index >= 15 is 0 Å². The van der Waals surface area contributed by atoms with E-state index in [-0.39, 0.29) is 16.3 Å². The smallest absolute Gasteiger partial charge is 0.411 e. The van der Waals surface area contributed by atoms with Crippen molar-refractivity contribution in [2.75, 3.05) is 14.2 Å². The monoisotopic (exact) mass is 329 g/mol. The van der Waals surface area contributed by atoms with E-state index in [1.54, 1.807) is 32.9 Å². The predicted octanol–water partition coefficient (Wildman–Crippen LogP) is 3.34. The molecular formula is C15H20ClNO5. The first-order valence-electron chi connectivity index (χ1n) is 6.59. The third-order valence-electron chi connectivity index (χ3n) is 2.81. The fraction of sp³-hybridized carbons (Fsp3) is 0.467. The summed E-state index contributed by atoms with van der Waals surface area (Å²) in [5, 5.41) is 9.72. The molecule has 6 nitrogen and oxygen atoms in total. The molecule has 1 rings (SSSR count). The number of benzene rings is 1. The molecular weight excluding hydrogens is 310 g/mol. The van der Waals surface area contributed by atoms with Gasteiger partial charge in [-0.05, 0) is 32.9 Å². The minimum Gasteiger partial charge on any atom is -0.496 e. The van der Waals surface area contributed by atoms with Crippen molar-refractivity contribution in [3.8, 4) is 5.75 Å². The molecule has 0 bridgehead atoms. The Morgan fingerprint density at radius 2 is 1.91 bits per heavy atom. The summed E-state index contributed by atoms with van der Waals surface area (Å²) >= 11 is 6.11. The number of amides is 1. The third-order valence-corrected chi connectivity index (χ3v) is 3.14. The van der Waals surface area contributed by atoms with Crippen molar-refractivity contribution in [3.63, 3.8) is 0 Å². The zero-order valence-corrected chi connectivity index (χ0v) is 14.0. The summed E-state index contributed by atoms with van der Waals surface area (Å²) in [6, 6.07) is 3.44. The predicted molar refractivity (Wildman–Crippen MR) is 82.4 cm³/mol. The fourth-order valence-corrected chi connectivity index (χ4v) is 2.15. The summed E-state index contributed by atoms with van der Waals surface area (Å²) in [7, 11) is 2.75. The minimum atomic E-state index is -1.32. The largest absolute Gasteiger partial charge is 0.496 e. The Kier molecular flexibility index (Phi) is 5.65. The van der Waals surface area contributed by atoms with Crippen molar-refractivity contribution < 1.29 is 24.2 Å². The van der Waals surface area contributed by atoms with Gasteiger partial charge in [0.05, 0.1) is 12.1 Å². The van der Waals surface area contributed by atoms with E-state index in [0.29, 0.717) is 0 Å². The average Bonchev–Trinajstić information content (AvgIpc) is 2.38. The van der Waals surface area contributed by atoms with Crippen molar-refractivity contribution in [1.82, 2.24) is 4.90 Å². The lowest BCUT2D eigenvalue weighted by Crippen LogP contribution is -2.39. The molecule has 0 aliphatic carbocycles. The maximum absolute atomic E-state index is 12.1. The average molecular weight is 330 g/mol. The number of hydrogen-bond donors (Lipinski definition) is 1. The number of carboxylic acids is 1. The van der Waals surface area contributed by atoms with Gasteiger partial charge in [0.15, 0.2) is 6.04 Å². The summed E-state index contributed by atoms with van der Waals surface area (Å²) in [6.45, 7) is 5.10. The summed E-state index contributed by atoms with van der Waals surface area (Å²) < 4.78 is 10.4. The molecule has 0 spiro atoms. The molecule has 1 amide bonds. The van der Waals surface area contributed by atoms with Gasteiger partial charge >= 0.3 is 12.1 Å². The van der Waals surface area contributed by atoms with Gasteiger partial charge in [0.2, 0.25) is 0 Å². The van der Waals surface area contributed by atoms with Crippen molar-refractivity contribution in [2.45, 2.75) is 32.4 Å². The lowest BCUT2D eigenvalue weighted by atomic mass is 10.0. The second-order valence-electron chi connectivity index (χ2n) is 5.69. The number of ether oxygens (including phenoxy) is 2. The SMILES string of the molecule is COc1cccc(Cl)c1C(C(=O)O)N(C)C(=O)OC(C)(C)C. The summed E-state index contributed by atoms with van der Waals surface area (Å²) in [4.78, 5) is 24.8. The molecule has 0 aromatic heterocycles. The molecule has 1 aromatic rings. The molecule has 0 aliphatic rings. The van der Waals surface area contributed by atoms with Gasteiger partial charge in [-0.15, -0.1) is 0 Å². The zero-order chi connectivity index (χ0) is 17.1. The van der Waals surface area contributed by atoms with Crippen LogP contribution in [0.2, 0.25) is 5.02 Å². The van der Waals surface area contributed by atoms with Crippen LogP contribution in [-0.2, 0) is 9.53 Å². The van der Waals surface area contributed by atoms with Crippen LogP contribution in [0.15, 0.2) is 18.2 Å². The summed E-state index contributed by atoms with van der Waals surface area (Å²) in [5.41, 5.74) is -0.536. The van der Waals surface area contributed by atoms with Crippen LogP contribution in [-0.4, -0.2) is 41.8 Å². The molecule has 0 heterocycles. The highest BCUT2D eigenvalue weighted by Gasteiger charge is 2.34. The molecule has 0 saturated heterocycles. The van der Waals surface area contributed by atoms with Gasteiger partial charge in [0, 0.05) is 12.6 Å². The number of rotatable bonds is 4. The number of carbonyl (C=O) groups is 2. The van der Waals surface area contributed by atoms with Crippen molar-refractivity contribution >= 4 is 23.7 Å². The Labute approximate surface area is 134 Å². The molecule has 1 atom stereocenters. The van der Waals surface area contributed by atoms with Crippen LogP contribution >= 0.6 is 11.6 Å². The number of halogens is 1. The molecule has 7 heteroatoms. The maximum Gasteiger partial charge on any atom is 0.411 e. The van der Waals surface area contributed by atoms with Crippen molar-refractivity contribution in [3.05, 3.63) is 28.8 Å². The highest BCUT2D eigenvalue weighted by atomic mass is 35.5. The van der Waals surface area contributed by atoms with E-state index in [9.17, 15) is 14.7 Å². The van der Waals surface area contributed by atoms with Crippen LogP contribution in [0.25, 0.3) is 0 Å². The first kappa shape index (κ1) is 18.1. The van der Waals surface area contributed by atoms with E-state index in [0.717, 1.165) is 4.90 Å². The summed E-state index contributed by atoms with van der Waals surface area (Å²) in [6.07, 6.45) is -0.762. The lowest BCUT2D eigenvalue weighted by Gasteiger charge is -2.29. The topological polar surface area (TPSA) is 76.1 Å². The number of nitrogens with zero attached hydrogens (tertiary/aromatic N) is 1. The number of carboxylic acid groups (broad SMARTS) is 1. The van der Waals surface area contributed by atoms with Crippen molar-refractivity contribution in [2.24, 2.45) is 0 Å². The number of likely N-dealkylation sites (N-methyl/N-ethyl adjacent to an activating group) is 1. The number of methoxy groups -OCH3 is 1. The fourth-order valence-electron chi connectivity index (χ4n) is 1.88. The standard InChI is InChI=1S/C15H20ClNO5/c1-15(2,3)22-14(20)17(4)12(13(18)19)11-9(16)7-6-8-10(11)21-5/h6-8,12H,1-5H3,(H,18,19). The van der Waals surface area contributed by atoms with Gasteiger partial charge in [0.1, 0.15) is 11.4 Å². The number of carbonyl (C=O) groups excluding carboxylic acids is 1. The Morgan fingerprint density at radius 1 is 1.32 bits per heavy atom. The number of hydrogen-bond acceptors (Lipinski definition) is 4. The normalized spacial score (nSPS) is 12.5. The van der Waals surface area contributed by atoms with Gasteiger partial charge in [-0.3, -0.25) is 4.90 Å².